The van der Waals surface area contributed by atoms with E-state index in [0.717, 1.165) is 28.1 Å². The van der Waals surface area contributed by atoms with Crippen LogP contribution >= 0.6 is 0 Å². The summed E-state index contributed by atoms with van der Waals surface area (Å²) in [6.45, 7) is 6.39. The van der Waals surface area contributed by atoms with Crippen LogP contribution in [0.4, 0.5) is 13.2 Å². The molecule has 1 aliphatic carbocycles. The normalized spacial score (nSPS) is 28.6. The Labute approximate surface area is 190 Å². The highest BCUT2D eigenvalue weighted by Gasteiger charge is 2.53. The van der Waals surface area contributed by atoms with E-state index in [1.165, 1.54) is 39.0 Å². The molecule has 1 aromatic heterocycles. The number of allylic oxidation sites excluding steroid dienone is 4. The number of aromatic amines is 1. The Morgan fingerprint density at radius 3 is 2.79 bits per heavy atom. The predicted octanol–water partition coefficient (Wildman–Crippen LogP) is 5.38. The molecule has 0 fully saturated rings. The summed E-state index contributed by atoms with van der Waals surface area (Å²) in [7, 11) is 0. The van der Waals surface area contributed by atoms with Crippen LogP contribution in [-0.4, -0.2) is 50.6 Å². The molecule has 2 unspecified atom stereocenters. The van der Waals surface area contributed by atoms with E-state index in [0.29, 0.717) is 6.42 Å². The lowest BCUT2D eigenvalue weighted by Crippen LogP contribution is -2.54. The Kier molecular flexibility index (Phi) is 5.76. The van der Waals surface area contributed by atoms with Crippen molar-refractivity contribution in [3.8, 4) is 0 Å². The third-order valence-corrected chi connectivity index (χ3v) is 6.73. The van der Waals surface area contributed by atoms with E-state index in [1.54, 1.807) is 6.20 Å². The lowest BCUT2D eigenvalue weighted by Gasteiger charge is -2.52. The molecule has 2 N–H and O–H groups in total. The number of nitrogens with zero attached hydrogens (tertiary/aromatic N) is 2. The van der Waals surface area contributed by atoms with Crippen LogP contribution in [-0.2, 0) is 11.2 Å². The zero-order valence-corrected chi connectivity index (χ0v) is 19.1. The average molecular weight is 460 g/mol. The molecule has 0 bridgehead atoms. The maximum absolute atomic E-state index is 15.8. The van der Waals surface area contributed by atoms with Gasteiger partial charge in [-0.1, -0.05) is 6.07 Å². The van der Waals surface area contributed by atoms with Gasteiger partial charge in [0.1, 0.15) is 17.7 Å². The monoisotopic (exact) mass is 459 g/mol. The number of aliphatic carboxylic acids is 1. The molecule has 4 atom stereocenters. The molecule has 0 saturated carbocycles. The van der Waals surface area contributed by atoms with E-state index < -0.39 is 35.1 Å². The van der Waals surface area contributed by atoms with E-state index in [4.69, 9.17) is 5.11 Å². The first-order valence-electron chi connectivity index (χ1n) is 11.0. The second kappa shape index (κ2) is 8.17. The molecule has 0 radical (unpaired) electrons. The minimum atomic E-state index is -1.76. The number of carboxylic acids is 1. The van der Waals surface area contributed by atoms with Gasteiger partial charge in [0.05, 0.1) is 23.2 Å². The lowest BCUT2D eigenvalue weighted by atomic mass is 9.67. The fraction of sp³-hybridized carbons (Fsp3) is 0.440. The minimum absolute atomic E-state index is 0.00672. The maximum Gasteiger partial charge on any atom is 0.328 e. The predicted molar refractivity (Wildman–Crippen MR) is 121 cm³/mol. The van der Waals surface area contributed by atoms with E-state index in [-0.39, 0.29) is 18.2 Å². The molecule has 0 saturated heterocycles. The molecule has 1 aromatic carbocycles. The summed E-state index contributed by atoms with van der Waals surface area (Å²) in [5, 5.41) is 16.8. The third-order valence-electron chi connectivity index (χ3n) is 6.73. The van der Waals surface area contributed by atoms with Crippen LogP contribution in [0.15, 0.2) is 54.0 Å². The quantitative estimate of drug-likeness (QED) is 0.590. The van der Waals surface area contributed by atoms with Crippen LogP contribution in [0.2, 0.25) is 0 Å². The first-order valence-corrected chi connectivity index (χ1v) is 11.0. The SMILES string of the molecule is C[C@@H]1Cc2c(ccc3[nH]ncc23)[C@@H](C2(C)C(F)=CC(/C=C/C(=O)O)=CC2F)N1CC(C)(C)F. The summed E-state index contributed by atoms with van der Waals surface area (Å²) in [6.07, 6.45) is 4.97. The third kappa shape index (κ3) is 4.12. The van der Waals surface area contributed by atoms with Gasteiger partial charge in [-0.05, 0) is 75.1 Å². The molecule has 2 heterocycles. The summed E-state index contributed by atoms with van der Waals surface area (Å²) in [4.78, 5) is 12.7. The topological polar surface area (TPSA) is 69.2 Å². The number of fused-ring (bicyclic) bond motifs is 3. The van der Waals surface area contributed by atoms with E-state index in [9.17, 15) is 9.18 Å². The zero-order chi connectivity index (χ0) is 24.1. The molecule has 0 spiro atoms. The molecule has 8 heteroatoms. The van der Waals surface area contributed by atoms with Crippen molar-refractivity contribution in [3.63, 3.8) is 0 Å². The van der Waals surface area contributed by atoms with E-state index in [1.807, 2.05) is 24.0 Å². The lowest BCUT2D eigenvalue weighted by molar-refractivity contribution is -0.131. The van der Waals surface area contributed by atoms with Gasteiger partial charge < -0.3 is 5.11 Å². The Bertz CT molecular complexity index is 1180. The molecule has 33 heavy (non-hydrogen) atoms. The fourth-order valence-electron chi connectivity index (χ4n) is 5.15. The van der Waals surface area contributed by atoms with Crippen molar-refractivity contribution < 1.29 is 23.1 Å². The number of alkyl halides is 2. The Morgan fingerprint density at radius 1 is 1.42 bits per heavy atom. The molecular formula is C25H28F3N3O2. The van der Waals surface area contributed by atoms with Crippen molar-refractivity contribution in [1.29, 1.82) is 0 Å². The molecule has 5 nitrogen and oxygen atoms in total. The largest absolute Gasteiger partial charge is 0.478 e. The Balaban J connectivity index is 1.88. The van der Waals surface area contributed by atoms with Gasteiger partial charge in [0.25, 0.3) is 0 Å². The smallest absolute Gasteiger partial charge is 0.328 e. The maximum atomic E-state index is 15.8. The number of rotatable bonds is 5. The molecular weight excluding hydrogens is 431 g/mol. The summed E-state index contributed by atoms with van der Waals surface area (Å²) >= 11 is 0. The Morgan fingerprint density at radius 2 is 2.15 bits per heavy atom. The van der Waals surface area contributed by atoms with Gasteiger partial charge in [-0.25, -0.2) is 18.0 Å². The number of nitrogens with one attached hydrogen (secondary N) is 1. The first kappa shape index (κ1) is 23.3. The van der Waals surface area contributed by atoms with Crippen molar-refractivity contribution in [2.75, 3.05) is 6.54 Å². The Hall–Kier alpha value is -2.87. The molecule has 176 valence electrons. The molecule has 2 aliphatic rings. The van der Waals surface area contributed by atoms with Gasteiger partial charge in [0.2, 0.25) is 0 Å². The highest BCUT2D eigenvalue weighted by molar-refractivity contribution is 5.83. The van der Waals surface area contributed by atoms with Crippen molar-refractivity contribution in [3.05, 3.63) is 65.2 Å². The standard InChI is InChI=1S/C25H28F3N3O2/c1-14-9-17-16(6-7-19-18(17)12-29-30-19)23(31(14)13-24(2,3)28)25(4)20(26)10-15(11-21(25)27)5-8-22(32)33/h5-8,10-12,14,20,23H,9,13H2,1-4H3,(H,29,30)(H,32,33)/b8-5+/t14-,20?,23+,25?/m1/s1. The number of benzene rings is 1. The van der Waals surface area contributed by atoms with Gasteiger partial charge in [-0.3, -0.25) is 10.00 Å². The highest BCUT2D eigenvalue weighted by atomic mass is 19.1. The number of carbonyl (C=O) groups is 1. The van der Waals surface area contributed by atoms with Gasteiger partial charge in [0, 0.05) is 24.0 Å². The molecule has 2 aromatic rings. The van der Waals surface area contributed by atoms with Crippen molar-refractivity contribution >= 4 is 16.9 Å². The number of hydrogen-bond acceptors (Lipinski definition) is 3. The van der Waals surface area contributed by atoms with Crippen molar-refractivity contribution in [2.24, 2.45) is 5.41 Å². The van der Waals surface area contributed by atoms with E-state index >= 15 is 8.78 Å². The minimum Gasteiger partial charge on any atom is -0.478 e. The molecule has 0 amide bonds. The second-order valence-electron chi connectivity index (χ2n) is 9.83. The summed E-state index contributed by atoms with van der Waals surface area (Å²) in [5.74, 6) is -1.91. The fourth-order valence-corrected chi connectivity index (χ4v) is 5.15. The summed E-state index contributed by atoms with van der Waals surface area (Å²) < 4.78 is 46.5. The average Bonchev–Trinajstić information content (AvgIpc) is 3.19. The molecule has 4 rings (SSSR count). The van der Waals surface area contributed by atoms with E-state index in [2.05, 4.69) is 10.2 Å². The van der Waals surface area contributed by atoms with Crippen LogP contribution in [0.1, 0.15) is 44.9 Å². The van der Waals surface area contributed by atoms with Crippen LogP contribution < -0.4 is 0 Å². The van der Waals surface area contributed by atoms with Gasteiger partial charge in [-0.2, -0.15) is 5.10 Å². The number of carboxylic acid groups (broad SMARTS) is 1. The van der Waals surface area contributed by atoms with Gasteiger partial charge in [0.15, 0.2) is 0 Å². The molecule has 1 aliphatic heterocycles. The van der Waals surface area contributed by atoms with Gasteiger partial charge >= 0.3 is 5.97 Å². The van der Waals surface area contributed by atoms with Crippen molar-refractivity contribution in [1.82, 2.24) is 15.1 Å². The summed E-state index contributed by atoms with van der Waals surface area (Å²) in [6, 6.07) is 2.73. The zero-order valence-electron chi connectivity index (χ0n) is 19.1. The van der Waals surface area contributed by atoms with Crippen LogP contribution in [0, 0.1) is 5.41 Å². The number of halogens is 3. The van der Waals surface area contributed by atoms with Crippen molar-refractivity contribution in [2.45, 2.75) is 58.0 Å². The van der Waals surface area contributed by atoms with Crippen LogP contribution in [0.25, 0.3) is 10.9 Å². The van der Waals surface area contributed by atoms with Gasteiger partial charge in [-0.15, -0.1) is 0 Å². The first-order chi connectivity index (χ1) is 15.4. The summed E-state index contributed by atoms with van der Waals surface area (Å²) in [5.41, 5.74) is -0.530. The second-order valence-corrected chi connectivity index (χ2v) is 9.83. The number of hydrogen-bond donors (Lipinski definition) is 2. The number of H-pyrrole nitrogens is 1. The van der Waals surface area contributed by atoms with Crippen LogP contribution in [0.3, 0.4) is 0 Å². The highest BCUT2D eigenvalue weighted by Crippen LogP contribution is 2.55. The number of aromatic nitrogens is 2. The van der Waals surface area contributed by atoms with Crippen LogP contribution in [0.5, 0.6) is 0 Å².